The number of aromatic nitrogens is 2. The summed E-state index contributed by atoms with van der Waals surface area (Å²) in [5.41, 5.74) is 0.961. The zero-order valence-corrected chi connectivity index (χ0v) is 14.1. The molecule has 2 aromatic heterocycles. The highest BCUT2D eigenvalue weighted by molar-refractivity contribution is 6.30. The Morgan fingerprint density at radius 3 is 2.00 bits per heavy atom. The van der Waals surface area contributed by atoms with Crippen molar-refractivity contribution in [1.29, 1.82) is 0 Å². The molecule has 0 saturated carbocycles. The summed E-state index contributed by atoms with van der Waals surface area (Å²) >= 11 is 5.42. The van der Waals surface area contributed by atoms with Crippen LogP contribution in [0.2, 0.25) is 5.02 Å². The van der Waals surface area contributed by atoms with Crippen molar-refractivity contribution < 1.29 is 14.9 Å². The van der Waals surface area contributed by atoms with E-state index < -0.39 is 0 Å². The number of ether oxygens (including phenoxy) is 1. The normalized spacial score (nSPS) is 13.3. The number of morpholine rings is 1. The summed E-state index contributed by atoms with van der Waals surface area (Å²) in [6, 6.07) is 3.15. The van der Waals surface area contributed by atoms with Crippen molar-refractivity contribution in [3.05, 3.63) is 41.9 Å². The largest absolute Gasteiger partial charge is 0.506 e. The van der Waals surface area contributed by atoms with Gasteiger partial charge < -0.3 is 19.8 Å². The van der Waals surface area contributed by atoms with Crippen LogP contribution >= 0.6 is 11.6 Å². The number of pyridine rings is 2. The van der Waals surface area contributed by atoms with Gasteiger partial charge in [0.1, 0.15) is 11.5 Å². The summed E-state index contributed by atoms with van der Waals surface area (Å²) in [7, 11) is 0. The van der Waals surface area contributed by atoms with Crippen molar-refractivity contribution in [1.82, 2.24) is 9.97 Å². The zero-order chi connectivity index (χ0) is 17.1. The van der Waals surface area contributed by atoms with Crippen molar-refractivity contribution in [2.45, 2.75) is 13.8 Å². The maximum atomic E-state index is 9.22. The van der Waals surface area contributed by atoms with Gasteiger partial charge >= 0.3 is 0 Å². The van der Waals surface area contributed by atoms with Crippen LogP contribution in [0.25, 0.3) is 0 Å². The van der Waals surface area contributed by atoms with E-state index in [-0.39, 0.29) is 11.5 Å². The van der Waals surface area contributed by atoms with Crippen molar-refractivity contribution in [3.63, 3.8) is 0 Å². The number of nitrogens with zero attached hydrogens (tertiary/aromatic N) is 3. The van der Waals surface area contributed by atoms with Crippen LogP contribution < -0.4 is 4.90 Å². The van der Waals surface area contributed by atoms with Gasteiger partial charge in [0, 0.05) is 31.4 Å². The number of hydrogen-bond donors (Lipinski definition) is 2. The molecule has 1 saturated heterocycles. The van der Waals surface area contributed by atoms with Gasteiger partial charge in [0.15, 0.2) is 0 Å². The lowest BCUT2D eigenvalue weighted by molar-refractivity contribution is 0.122. The van der Waals surface area contributed by atoms with Crippen LogP contribution in [-0.4, -0.2) is 46.5 Å². The molecule has 0 atom stereocenters. The Balaban J connectivity index is 0.000000228. The summed E-state index contributed by atoms with van der Waals surface area (Å²) in [6.07, 6.45) is 5.97. The van der Waals surface area contributed by atoms with Gasteiger partial charge in [0.25, 0.3) is 0 Å². The van der Waals surface area contributed by atoms with Crippen LogP contribution in [0.4, 0.5) is 5.69 Å². The fourth-order valence-electron chi connectivity index (χ4n) is 1.81. The van der Waals surface area contributed by atoms with E-state index in [4.69, 9.17) is 21.4 Å². The summed E-state index contributed by atoms with van der Waals surface area (Å²) in [4.78, 5) is 9.68. The second-order valence-electron chi connectivity index (χ2n) is 4.36. The van der Waals surface area contributed by atoms with E-state index in [2.05, 4.69) is 14.9 Å². The highest BCUT2D eigenvalue weighted by Gasteiger charge is 2.11. The summed E-state index contributed by atoms with van der Waals surface area (Å²) in [6.45, 7) is 7.22. The first-order valence-corrected chi connectivity index (χ1v) is 7.79. The van der Waals surface area contributed by atoms with Crippen molar-refractivity contribution in [2.75, 3.05) is 31.2 Å². The van der Waals surface area contributed by atoms with Gasteiger partial charge in [-0.05, 0) is 0 Å². The third kappa shape index (κ3) is 7.17. The van der Waals surface area contributed by atoms with E-state index in [1.165, 1.54) is 24.7 Å². The molecule has 3 heterocycles. The average Bonchev–Trinajstić information content (AvgIpc) is 2.58. The standard InChI is InChI=1S/C9H12N2O2.C5H4ClNO.C2H6/c12-9-5-8(6-10-7-9)11-1-3-13-4-2-11;6-4-1-5(8)3-7-2-4;1-2/h5-7,12H,1-4H2;1-3,8H;1-2H3. The Morgan fingerprint density at radius 1 is 0.957 bits per heavy atom. The molecule has 23 heavy (non-hydrogen) atoms. The Hall–Kier alpha value is -2.05. The molecular weight excluding hydrogens is 318 g/mol. The number of hydrogen-bond acceptors (Lipinski definition) is 6. The monoisotopic (exact) mass is 339 g/mol. The van der Waals surface area contributed by atoms with Gasteiger partial charge in [-0.2, -0.15) is 0 Å². The predicted octanol–water partition coefficient (Wildman–Crippen LogP) is 3.09. The van der Waals surface area contributed by atoms with E-state index >= 15 is 0 Å². The van der Waals surface area contributed by atoms with Crippen molar-refractivity contribution >= 4 is 17.3 Å². The molecule has 1 aliphatic heterocycles. The van der Waals surface area contributed by atoms with E-state index in [0.717, 1.165) is 32.0 Å². The molecule has 0 amide bonds. The molecule has 0 bridgehead atoms. The fourth-order valence-corrected chi connectivity index (χ4v) is 1.98. The third-order valence-corrected chi connectivity index (χ3v) is 2.98. The van der Waals surface area contributed by atoms with Crippen molar-refractivity contribution in [2.24, 2.45) is 0 Å². The number of anilines is 1. The Labute approximate surface area is 141 Å². The minimum absolute atomic E-state index is 0.0949. The van der Waals surface area contributed by atoms with Crippen LogP contribution in [0.15, 0.2) is 36.9 Å². The molecule has 3 rings (SSSR count). The third-order valence-electron chi connectivity index (χ3n) is 2.78. The van der Waals surface area contributed by atoms with Crippen LogP contribution in [0, 0.1) is 0 Å². The van der Waals surface area contributed by atoms with Gasteiger partial charge in [-0.25, -0.2) is 0 Å². The molecular formula is C16H22ClN3O3. The van der Waals surface area contributed by atoms with Crippen LogP contribution in [0.5, 0.6) is 11.5 Å². The minimum atomic E-state index is 0.0949. The molecule has 6 nitrogen and oxygen atoms in total. The minimum Gasteiger partial charge on any atom is -0.506 e. The first kappa shape index (κ1) is 19.0. The van der Waals surface area contributed by atoms with Gasteiger partial charge in [0.2, 0.25) is 0 Å². The summed E-state index contributed by atoms with van der Waals surface area (Å²) < 4.78 is 5.23. The van der Waals surface area contributed by atoms with E-state index in [9.17, 15) is 5.11 Å². The second-order valence-corrected chi connectivity index (χ2v) is 4.80. The smallest absolute Gasteiger partial charge is 0.135 e. The maximum Gasteiger partial charge on any atom is 0.135 e. The molecule has 126 valence electrons. The van der Waals surface area contributed by atoms with Gasteiger partial charge in [-0.3, -0.25) is 9.97 Å². The van der Waals surface area contributed by atoms with Crippen LogP contribution in [0.1, 0.15) is 13.8 Å². The lowest BCUT2D eigenvalue weighted by atomic mass is 10.3. The molecule has 2 N–H and O–H groups in total. The molecule has 2 aromatic rings. The van der Waals surface area contributed by atoms with Gasteiger partial charge in [-0.15, -0.1) is 0 Å². The molecule has 0 aliphatic carbocycles. The fraction of sp³-hybridized carbons (Fsp3) is 0.375. The van der Waals surface area contributed by atoms with Crippen molar-refractivity contribution in [3.8, 4) is 11.5 Å². The number of halogens is 1. The lowest BCUT2D eigenvalue weighted by Crippen LogP contribution is -2.36. The Kier molecular flexibility index (Phi) is 8.79. The highest BCUT2D eigenvalue weighted by atomic mass is 35.5. The lowest BCUT2D eigenvalue weighted by Gasteiger charge is -2.28. The molecule has 0 aromatic carbocycles. The predicted molar refractivity (Wildman–Crippen MR) is 91.2 cm³/mol. The SMILES string of the molecule is CC.Oc1cncc(Cl)c1.Oc1cncc(N2CCOCC2)c1. The van der Waals surface area contributed by atoms with Gasteiger partial charge in [0.05, 0.1) is 42.5 Å². The van der Waals surface area contributed by atoms with Crippen LogP contribution in [-0.2, 0) is 4.74 Å². The Morgan fingerprint density at radius 2 is 1.52 bits per heavy atom. The molecule has 0 unspecified atom stereocenters. The maximum absolute atomic E-state index is 9.22. The molecule has 1 aliphatic rings. The molecule has 0 radical (unpaired) electrons. The van der Waals surface area contributed by atoms with E-state index in [0.29, 0.717) is 5.02 Å². The Bertz CT molecular complexity index is 561. The van der Waals surface area contributed by atoms with Gasteiger partial charge in [-0.1, -0.05) is 25.4 Å². The first-order chi connectivity index (χ1) is 11.1. The second kappa shape index (κ2) is 10.6. The molecule has 1 fully saturated rings. The molecule has 0 spiro atoms. The number of rotatable bonds is 1. The first-order valence-electron chi connectivity index (χ1n) is 7.41. The number of aromatic hydroxyl groups is 2. The van der Waals surface area contributed by atoms with E-state index in [1.54, 1.807) is 12.3 Å². The topological polar surface area (TPSA) is 78.7 Å². The zero-order valence-electron chi connectivity index (χ0n) is 13.3. The average molecular weight is 340 g/mol. The quantitative estimate of drug-likeness (QED) is 0.831. The van der Waals surface area contributed by atoms with E-state index in [1.807, 2.05) is 13.8 Å². The summed E-state index contributed by atoms with van der Waals surface area (Å²) in [5, 5.41) is 18.3. The molecule has 7 heteroatoms. The summed E-state index contributed by atoms with van der Waals surface area (Å²) in [5.74, 6) is 0.307. The highest BCUT2D eigenvalue weighted by Crippen LogP contribution is 2.18. The van der Waals surface area contributed by atoms with Crippen LogP contribution in [0.3, 0.4) is 0 Å².